The molecule has 0 bridgehead atoms. The lowest BCUT2D eigenvalue weighted by molar-refractivity contribution is 0.140. The van der Waals surface area contributed by atoms with E-state index in [-0.39, 0.29) is 6.03 Å². The molecule has 22 heavy (non-hydrogen) atoms. The smallest absolute Gasteiger partial charge is 0.317 e. The fourth-order valence-electron chi connectivity index (χ4n) is 2.56. The van der Waals surface area contributed by atoms with E-state index in [0.717, 1.165) is 52.1 Å². The van der Waals surface area contributed by atoms with Crippen molar-refractivity contribution in [1.29, 1.82) is 0 Å². The zero-order chi connectivity index (χ0) is 15.6. The van der Waals surface area contributed by atoms with Crippen molar-refractivity contribution in [2.45, 2.75) is 19.8 Å². The van der Waals surface area contributed by atoms with Gasteiger partial charge in [-0.25, -0.2) is 4.79 Å². The van der Waals surface area contributed by atoms with E-state index in [1.807, 2.05) is 11.0 Å². The summed E-state index contributed by atoms with van der Waals surface area (Å²) in [4.78, 5) is 16.2. The molecule has 1 heterocycles. The molecule has 1 fully saturated rings. The third kappa shape index (κ3) is 5.53. The minimum absolute atomic E-state index is 0.0884. The number of urea groups is 1. The normalized spacial score (nSPS) is 16.1. The first-order valence-corrected chi connectivity index (χ1v) is 8.26. The van der Waals surface area contributed by atoms with E-state index in [0.29, 0.717) is 0 Å². The summed E-state index contributed by atoms with van der Waals surface area (Å²) in [6.45, 7) is 7.51. The number of benzene rings is 1. The zero-order valence-corrected chi connectivity index (χ0v) is 13.5. The number of nitrogens with one attached hydrogen (secondary N) is 1. The highest BCUT2D eigenvalue weighted by Crippen LogP contribution is 2.05. The number of nitrogens with zero attached hydrogens (tertiary/aromatic N) is 2. The predicted molar refractivity (Wildman–Crippen MR) is 91.8 cm³/mol. The van der Waals surface area contributed by atoms with Crippen molar-refractivity contribution in [2.24, 2.45) is 0 Å². The minimum atomic E-state index is 0.0884. The molecule has 1 saturated heterocycles. The number of carbonyl (C=O) groups excluding carboxylic acids is 1. The summed E-state index contributed by atoms with van der Waals surface area (Å²) in [5.41, 5.74) is 1.25. The number of amides is 2. The van der Waals surface area contributed by atoms with Crippen LogP contribution in [0.3, 0.4) is 0 Å². The van der Waals surface area contributed by atoms with Crippen molar-refractivity contribution >= 4 is 12.1 Å². The van der Waals surface area contributed by atoms with Gasteiger partial charge in [0.25, 0.3) is 0 Å². The quantitative estimate of drug-likeness (QED) is 0.877. The second kappa shape index (κ2) is 9.26. The zero-order valence-electron chi connectivity index (χ0n) is 13.5. The van der Waals surface area contributed by atoms with Crippen LogP contribution in [-0.2, 0) is 0 Å². The lowest BCUT2D eigenvalue weighted by Gasteiger charge is -2.34. The average Bonchev–Trinajstić information content (AvgIpc) is 2.58. The summed E-state index contributed by atoms with van der Waals surface area (Å²) in [6, 6.07) is 10.5. The Labute approximate surface area is 133 Å². The number of hydrogen-bond donors (Lipinski definition) is 1. The molecule has 0 radical (unpaired) electrons. The molecule has 0 atom stereocenters. The van der Waals surface area contributed by atoms with Crippen molar-refractivity contribution < 1.29 is 4.79 Å². The van der Waals surface area contributed by atoms with Crippen molar-refractivity contribution in [2.75, 3.05) is 39.3 Å². The topological polar surface area (TPSA) is 35.6 Å². The Morgan fingerprint density at radius 1 is 1.18 bits per heavy atom. The lowest BCUT2D eigenvalue weighted by atomic mass is 10.2. The van der Waals surface area contributed by atoms with Crippen LogP contribution in [-0.4, -0.2) is 55.1 Å². The molecule has 1 aromatic carbocycles. The molecule has 0 aromatic heterocycles. The van der Waals surface area contributed by atoms with E-state index >= 15 is 0 Å². The van der Waals surface area contributed by atoms with E-state index in [1.54, 1.807) is 0 Å². The van der Waals surface area contributed by atoms with Gasteiger partial charge in [0.1, 0.15) is 0 Å². The van der Waals surface area contributed by atoms with Gasteiger partial charge in [-0.05, 0) is 18.4 Å². The van der Waals surface area contributed by atoms with Gasteiger partial charge in [0, 0.05) is 39.3 Å². The average molecular weight is 301 g/mol. The highest BCUT2D eigenvalue weighted by molar-refractivity contribution is 5.74. The number of carbonyl (C=O) groups is 1. The summed E-state index contributed by atoms with van der Waals surface area (Å²) in [5, 5.41) is 2.94. The van der Waals surface area contributed by atoms with Crippen molar-refractivity contribution in [3.63, 3.8) is 0 Å². The van der Waals surface area contributed by atoms with E-state index in [1.165, 1.54) is 5.56 Å². The van der Waals surface area contributed by atoms with Gasteiger partial charge in [-0.2, -0.15) is 0 Å². The van der Waals surface area contributed by atoms with Crippen LogP contribution in [0.25, 0.3) is 6.08 Å². The van der Waals surface area contributed by atoms with Gasteiger partial charge < -0.3 is 10.2 Å². The maximum Gasteiger partial charge on any atom is 0.317 e. The van der Waals surface area contributed by atoms with Crippen molar-refractivity contribution in [3.8, 4) is 0 Å². The molecule has 4 nitrogen and oxygen atoms in total. The van der Waals surface area contributed by atoms with Crippen LogP contribution in [0, 0.1) is 0 Å². The van der Waals surface area contributed by atoms with Crippen LogP contribution in [0.1, 0.15) is 25.3 Å². The number of hydrogen-bond acceptors (Lipinski definition) is 2. The fraction of sp³-hybridized carbons (Fsp3) is 0.500. The van der Waals surface area contributed by atoms with Crippen molar-refractivity contribution in [3.05, 3.63) is 42.0 Å². The Hall–Kier alpha value is -1.81. The Kier molecular flexibility index (Phi) is 6.97. The Balaban J connectivity index is 1.63. The molecule has 0 spiro atoms. The van der Waals surface area contributed by atoms with Gasteiger partial charge in [0.15, 0.2) is 0 Å². The molecular formula is C18H27N3O. The van der Waals surface area contributed by atoms with Gasteiger partial charge in [-0.15, -0.1) is 0 Å². The van der Waals surface area contributed by atoms with Crippen LogP contribution >= 0.6 is 0 Å². The SMILES string of the molecule is CCCNC(=O)N1CCN(CC/C=C/c2ccccc2)CC1. The first kappa shape index (κ1) is 16.6. The number of piperazine rings is 1. The third-order valence-electron chi connectivity index (χ3n) is 3.91. The largest absolute Gasteiger partial charge is 0.338 e. The standard InChI is InChI=1S/C18H27N3O/c1-2-11-19-18(22)21-15-13-20(14-16-21)12-7-6-10-17-8-4-3-5-9-17/h3-6,8-10H,2,7,11-16H2,1H3,(H,19,22)/b10-6+. The van der Waals surface area contributed by atoms with Crippen LogP contribution in [0.5, 0.6) is 0 Å². The molecule has 0 unspecified atom stereocenters. The van der Waals surface area contributed by atoms with Crippen LogP contribution < -0.4 is 5.32 Å². The molecule has 4 heteroatoms. The monoisotopic (exact) mass is 301 g/mol. The molecule has 1 aromatic rings. The summed E-state index contributed by atoms with van der Waals surface area (Å²) in [5.74, 6) is 0. The van der Waals surface area contributed by atoms with Gasteiger partial charge in [-0.3, -0.25) is 4.90 Å². The maximum absolute atomic E-state index is 11.9. The summed E-state index contributed by atoms with van der Waals surface area (Å²) in [6.07, 6.45) is 6.44. The van der Waals surface area contributed by atoms with Crippen molar-refractivity contribution in [1.82, 2.24) is 15.1 Å². The minimum Gasteiger partial charge on any atom is -0.338 e. The highest BCUT2D eigenvalue weighted by Gasteiger charge is 2.19. The first-order chi connectivity index (χ1) is 10.8. The van der Waals surface area contributed by atoms with Crippen LogP contribution in [0.2, 0.25) is 0 Å². The Morgan fingerprint density at radius 3 is 2.59 bits per heavy atom. The molecule has 1 aliphatic rings. The Bertz CT molecular complexity index is 464. The first-order valence-electron chi connectivity index (χ1n) is 8.26. The molecule has 0 aliphatic carbocycles. The predicted octanol–water partition coefficient (Wildman–Crippen LogP) is 2.83. The molecule has 2 amide bonds. The Morgan fingerprint density at radius 2 is 1.91 bits per heavy atom. The van der Waals surface area contributed by atoms with Gasteiger partial charge in [0.2, 0.25) is 0 Å². The molecule has 1 N–H and O–H groups in total. The lowest BCUT2D eigenvalue weighted by Crippen LogP contribution is -2.51. The van der Waals surface area contributed by atoms with Crippen LogP contribution in [0.4, 0.5) is 4.79 Å². The van der Waals surface area contributed by atoms with E-state index in [4.69, 9.17) is 0 Å². The second-order valence-corrected chi connectivity index (χ2v) is 5.66. The summed E-state index contributed by atoms with van der Waals surface area (Å²) < 4.78 is 0. The molecule has 120 valence electrons. The van der Waals surface area contributed by atoms with Crippen LogP contribution in [0.15, 0.2) is 36.4 Å². The van der Waals surface area contributed by atoms with E-state index in [2.05, 4.69) is 53.6 Å². The second-order valence-electron chi connectivity index (χ2n) is 5.66. The van der Waals surface area contributed by atoms with E-state index in [9.17, 15) is 4.79 Å². The maximum atomic E-state index is 11.9. The molecular weight excluding hydrogens is 274 g/mol. The fourth-order valence-corrected chi connectivity index (χ4v) is 2.56. The molecule has 2 rings (SSSR count). The molecule has 1 aliphatic heterocycles. The third-order valence-corrected chi connectivity index (χ3v) is 3.91. The molecule has 0 saturated carbocycles. The summed E-state index contributed by atoms with van der Waals surface area (Å²) in [7, 11) is 0. The number of rotatable bonds is 6. The van der Waals surface area contributed by atoms with Gasteiger partial charge in [-0.1, -0.05) is 49.4 Å². The van der Waals surface area contributed by atoms with E-state index < -0.39 is 0 Å². The summed E-state index contributed by atoms with van der Waals surface area (Å²) >= 11 is 0. The van der Waals surface area contributed by atoms with Gasteiger partial charge >= 0.3 is 6.03 Å². The highest BCUT2D eigenvalue weighted by atomic mass is 16.2. The van der Waals surface area contributed by atoms with Gasteiger partial charge in [0.05, 0.1) is 0 Å².